The fourth-order valence-electron chi connectivity index (χ4n) is 1.55. The van der Waals surface area contributed by atoms with Gasteiger partial charge in [-0.05, 0) is 30.0 Å². The number of carbonyl (C=O) groups is 1. The smallest absolute Gasteiger partial charge is 0.317 e. The number of rotatable bonds is 2. The van der Waals surface area contributed by atoms with Crippen LogP contribution in [0.1, 0.15) is 45.2 Å². The molecule has 0 unspecified atom stereocenters. The molecule has 1 rings (SSSR count). The quantitative estimate of drug-likeness (QED) is 0.505. The number of ether oxygens (including phenoxy) is 1. The SMILES string of the molecule is CCOC(=O)CC#Cc1cc(C(C)(C)C)ccc1N. The van der Waals surface area contributed by atoms with E-state index in [0.29, 0.717) is 12.3 Å². The first-order valence-electron chi connectivity index (χ1n) is 6.39. The molecule has 0 heterocycles. The normalized spacial score (nSPS) is 10.5. The Bertz CT molecular complexity index is 516. The van der Waals surface area contributed by atoms with Gasteiger partial charge in [-0.25, -0.2) is 0 Å². The Morgan fingerprint density at radius 3 is 2.63 bits per heavy atom. The Balaban J connectivity index is 2.89. The average molecular weight is 259 g/mol. The predicted octanol–water partition coefficient (Wildman–Crippen LogP) is 2.87. The molecule has 19 heavy (non-hydrogen) atoms. The fraction of sp³-hybridized carbons (Fsp3) is 0.438. The number of hydrogen-bond donors (Lipinski definition) is 1. The molecule has 1 aromatic rings. The van der Waals surface area contributed by atoms with Crippen LogP contribution in [0, 0.1) is 11.8 Å². The summed E-state index contributed by atoms with van der Waals surface area (Å²) in [5, 5.41) is 0. The van der Waals surface area contributed by atoms with E-state index in [-0.39, 0.29) is 17.8 Å². The van der Waals surface area contributed by atoms with Crippen molar-refractivity contribution in [1.82, 2.24) is 0 Å². The van der Waals surface area contributed by atoms with Gasteiger partial charge in [0.15, 0.2) is 0 Å². The molecule has 3 heteroatoms. The number of nitrogens with two attached hydrogens (primary N) is 1. The number of anilines is 1. The summed E-state index contributed by atoms with van der Waals surface area (Å²) < 4.78 is 4.82. The minimum absolute atomic E-state index is 0.0469. The molecule has 0 amide bonds. The van der Waals surface area contributed by atoms with Gasteiger partial charge in [0.2, 0.25) is 0 Å². The van der Waals surface area contributed by atoms with E-state index in [0.717, 1.165) is 5.56 Å². The molecular formula is C16H21NO2. The van der Waals surface area contributed by atoms with Crippen molar-refractivity contribution in [3.8, 4) is 11.8 Å². The lowest BCUT2D eigenvalue weighted by Gasteiger charge is -2.19. The molecule has 0 aliphatic rings. The van der Waals surface area contributed by atoms with Crippen molar-refractivity contribution >= 4 is 11.7 Å². The maximum atomic E-state index is 11.2. The van der Waals surface area contributed by atoms with Crippen molar-refractivity contribution in [2.75, 3.05) is 12.3 Å². The van der Waals surface area contributed by atoms with E-state index in [9.17, 15) is 4.79 Å². The number of esters is 1. The zero-order valence-corrected chi connectivity index (χ0v) is 12.0. The monoisotopic (exact) mass is 259 g/mol. The van der Waals surface area contributed by atoms with Crippen LogP contribution < -0.4 is 5.73 Å². The third kappa shape index (κ3) is 4.67. The van der Waals surface area contributed by atoms with Crippen LogP contribution in [0.2, 0.25) is 0 Å². The van der Waals surface area contributed by atoms with Gasteiger partial charge in [-0.1, -0.05) is 38.7 Å². The lowest BCUT2D eigenvalue weighted by Crippen LogP contribution is -2.11. The summed E-state index contributed by atoms with van der Waals surface area (Å²) in [6.07, 6.45) is 0.0903. The standard InChI is InChI=1S/C16H21NO2/c1-5-19-15(18)8-6-7-12-11-13(16(2,3)4)9-10-14(12)17/h9-11H,5,8,17H2,1-4H3. The van der Waals surface area contributed by atoms with Crippen molar-refractivity contribution in [2.45, 2.75) is 39.5 Å². The van der Waals surface area contributed by atoms with Crippen molar-refractivity contribution in [3.05, 3.63) is 29.3 Å². The molecule has 102 valence electrons. The van der Waals surface area contributed by atoms with Crippen LogP contribution in [0.15, 0.2) is 18.2 Å². The van der Waals surface area contributed by atoms with E-state index in [1.807, 2.05) is 18.2 Å². The van der Waals surface area contributed by atoms with Crippen molar-refractivity contribution in [1.29, 1.82) is 0 Å². The highest BCUT2D eigenvalue weighted by molar-refractivity contribution is 5.73. The summed E-state index contributed by atoms with van der Waals surface area (Å²) in [5.74, 6) is 5.44. The molecule has 0 aromatic heterocycles. The summed E-state index contributed by atoms with van der Waals surface area (Å²) in [4.78, 5) is 11.2. The largest absolute Gasteiger partial charge is 0.465 e. The molecular weight excluding hydrogens is 238 g/mol. The van der Waals surface area contributed by atoms with Crippen LogP contribution in [0.4, 0.5) is 5.69 Å². The Morgan fingerprint density at radius 1 is 1.37 bits per heavy atom. The molecule has 0 saturated heterocycles. The Kier molecular flexibility index (Phi) is 5.00. The maximum Gasteiger partial charge on any atom is 0.317 e. The Morgan fingerprint density at radius 2 is 2.05 bits per heavy atom. The molecule has 1 aromatic carbocycles. The summed E-state index contributed by atoms with van der Waals surface area (Å²) in [6.45, 7) is 8.55. The highest BCUT2D eigenvalue weighted by atomic mass is 16.5. The van der Waals surface area contributed by atoms with Gasteiger partial charge in [0, 0.05) is 11.3 Å². The Labute approximate surface area is 115 Å². The van der Waals surface area contributed by atoms with Gasteiger partial charge in [-0.15, -0.1) is 0 Å². The van der Waals surface area contributed by atoms with Crippen LogP contribution in [0.3, 0.4) is 0 Å². The molecule has 0 spiro atoms. The van der Waals surface area contributed by atoms with Crippen LogP contribution in [-0.2, 0) is 14.9 Å². The zero-order valence-electron chi connectivity index (χ0n) is 12.0. The van der Waals surface area contributed by atoms with E-state index in [2.05, 4.69) is 32.6 Å². The zero-order chi connectivity index (χ0) is 14.5. The third-order valence-corrected chi connectivity index (χ3v) is 2.68. The molecule has 0 aliphatic carbocycles. The number of nitrogen functional groups attached to an aromatic ring is 1. The highest BCUT2D eigenvalue weighted by Crippen LogP contribution is 2.25. The second-order valence-electron chi connectivity index (χ2n) is 5.34. The van der Waals surface area contributed by atoms with Crippen LogP contribution in [0.5, 0.6) is 0 Å². The van der Waals surface area contributed by atoms with Crippen molar-refractivity contribution < 1.29 is 9.53 Å². The van der Waals surface area contributed by atoms with Gasteiger partial charge in [0.25, 0.3) is 0 Å². The first-order valence-corrected chi connectivity index (χ1v) is 6.39. The first kappa shape index (κ1) is 15.1. The molecule has 0 aliphatic heterocycles. The molecule has 0 bridgehead atoms. The molecule has 2 N–H and O–H groups in total. The van der Waals surface area contributed by atoms with E-state index < -0.39 is 0 Å². The lowest BCUT2D eigenvalue weighted by atomic mass is 9.86. The number of benzene rings is 1. The average Bonchev–Trinajstić information content (AvgIpc) is 2.30. The fourth-order valence-corrected chi connectivity index (χ4v) is 1.55. The minimum Gasteiger partial charge on any atom is -0.465 e. The summed E-state index contributed by atoms with van der Waals surface area (Å²) in [7, 11) is 0. The van der Waals surface area contributed by atoms with E-state index >= 15 is 0 Å². The Hall–Kier alpha value is -1.95. The van der Waals surface area contributed by atoms with Gasteiger partial charge in [0.05, 0.1) is 6.61 Å². The summed E-state index contributed by atoms with van der Waals surface area (Å²) in [5.41, 5.74) is 8.50. The predicted molar refractivity (Wildman–Crippen MR) is 77.7 cm³/mol. The topological polar surface area (TPSA) is 52.3 Å². The number of carbonyl (C=O) groups excluding carboxylic acids is 1. The first-order chi connectivity index (χ1) is 8.84. The maximum absolute atomic E-state index is 11.2. The molecule has 3 nitrogen and oxygen atoms in total. The number of hydrogen-bond acceptors (Lipinski definition) is 3. The second kappa shape index (κ2) is 6.29. The second-order valence-corrected chi connectivity index (χ2v) is 5.34. The molecule has 0 radical (unpaired) electrons. The van der Waals surface area contributed by atoms with E-state index in [1.54, 1.807) is 6.92 Å². The summed E-state index contributed by atoms with van der Waals surface area (Å²) >= 11 is 0. The van der Waals surface area contributed by atoms with Crippen LogP contribution in [-0.4, -0.2) is 12.6 Å². The van der Waals surface area contributed by atoms with E-state index in [4.69, 9.17) is 10.5 Å². The van der Waals surface area contributed by atoms with Gasteiger partial charge < -0.3 is 10.5 Å². The van der Waals surface area contributed by atoms with Crippen molar-refractivity contribution in [2.24, 2.45) is 0 Å². The molecule has 0 atom stereocenters. The van der Waals surface area contributed by atoms with Crippen molar-refractivity contribution in [3.63, 3.8) is 0 Å². The van der Waals surface area contributed by atoms with Gasteiger partial charge >= 0.3 is 5.97 Å². The van der Waals surface area contributed by atoms with Crippen LogP contribution in [0.25, 0.3) is 0 Å². The van der Waals surface area contributed by atoms with Gasteiger partial charge in [0.1, 0.15) is 6.42 Å². The van der Waals surface area contributed by atoms with Gasteiger partial charge in [-0.3, -0.25) is 4.79 Å². The van der Waals surface area contributed by atoms with Gasteiger partial charge in [-0.2, -0.15) is 0 Å². The van der Waals surface area contributed by atoms with E-state index in [1.165, 1.54) is 5.56 Å². The molecule has 0 fully saturated rings. The highest BCUT2D eigenvalue weighted by Gasteiger charge is 2.14. The lowest BCUT2D eigenvalue weighted by molar-refractivity contribution is -0.141. The minimum atomic E-state index is -0.305. The van der Waals surface area contributed by atoms with Crippen LogP contribution >= 0.6 is 0 Å². The summed E-state index contributed by atoms with van der Waals surface area (Å²) in [6, 6.07) is 5.84. The third-order valence-electron chi connectivity index (χ3n) is 2.68. The molecule has 0 saturated carbocycles.